The first kappa shape index (κ1) is 11.7. The van der Waals surface area contributed by atoms with Crippen molar-refractivity contribution >= 4 is 40.4 Å². The molecule has 0 radical (unpaired) electrons. The number of nitrogens with zero attached hydrogens (tertiary/aromatic N) is 2. The highest BCUT2D eigenvalue weighted by molar-refractivity contribution is 8.01. The number of hydrogen-bond acceptors (Lipinski definition) is 5. The first-order valence-corrected chi connectivity index (χ1v) is 6.98. The van der Waals surface area contributed by atoms with Crippen LogP contribution in [0.15, 0.2) is 34.1 Å². The van der Waals surface area contributed by atoms with Crippen molar-refractivity contribution in [3.8, 4) is 0 Å². The molecular weight excluding hydrogens is 262 g/mol. The van der Waals surface area contributed by atoms with Crippen LogP contribution in [-0.4, -0.2) is 22.5 Å². The van der Waals surface area contributed by atoms with E-state index in [1.807, 2.05) is 24.3 Å². The lowest BCUT2D eigenvalue weighted by Crippen LogP contribution is -2.04. The smallest absolute Gasteiger partial charge is 0.174 e. The van der Waals surface area contributed by atoms with Gasteiger partial charge in [-0.15, -0.1) is 10.2 Å². The summed E-state index contributed by atoms with van der Waals surface area (Å²) in [6, 6.07) is 7.73. The first-order valence-electron chi connectivity index (χ1n) is 4.73. The van der Waals surface area contributed by atoms with E-state index in [0.717, 1.165) is 27.3 Å². The normalized spacial score (nSPS) is 10.3. The van der Waals surface area contributed by atoms with Crippen LogP contribution in [0.3, 0.4) is 0 Å². The highest BCUT2D eigenvalue weighted by atomic mass is 35.5. The van der Waals surface area contributed by atoms with E-state index in [0.29, 0.717) is 0 Å². The average Bonchev–Trinajstić information content (AvgIpc) is 2.79. The lowest BCUT2D eigenvalue weighted by molar-refractivity contribution is 1.01. The zero-order valence-corrected chi connectivity index (χ0v) is 10.8. The number of aromatic nitrogens is 2. The minimum absolute atomic E-state index is 0.753. The average molecular weight is 272 g/mol. The number of rotatable bonds is 5. The van der Waals surface area contributed by atoms with E-state index in [1.54, 1.807) is 28.6 Å². The molecule has 2 rings (SSSR count). The van der Waals surface area contributed by atoms with Crippen LogP contribution in [0, 0.1) is 0 Å². The van der Waals surface area contributed by atoms with E-state index in [2.05, 4.69) is 15.5 Å². The Kier molecular flexibility index (Phi) is 4.44. The Morgan fingerprint density at radius 3 is 3.00 bits per heavy atom. The minimum atomic E-state index is 0.753. The molecule has 1 heterocycles. The molecule has 0 spiro atoms. The molecule has 6 heteroatoms. The number of nitrogens with one attached hydrogen (secondary N) is 1. The standard InChI is InChI=1S/C10H10ClN3S2/c11-8-3-1-2-4-9(8)12-5-6-15-10-14-13-7-16-10/h1-4,7,12H,5-6H2. The van der Waals surface area contributed by atoms with Crippen molar-refractivity contribution < 1.29 is 0 Å². The van der Waals surface area contributed by atoms with Crippen molar-refractivity contribution in [1.29, 1.82) is 0 Å². The molecule has 0 aliphatic carbocycles. The maximum absolute atomic E-state index is 6.01. The first-order chi connectivity index (χ1) is 7.86. The molecule has 16 heavy (non-hydrogen) atoms. The van der Waals surface area contributed by atoms with Gasteiger partial charge in [0.2, 0.25) is 0 Å². The molecule has 0 aliphatic rings. The summed E-state index contributed by atoms with van der Waals surface area (Å²) in [6.07, 6.45) is 0. The van der Waals surface area contributed by atoms with Crippen LogP contribution in [0.1, 0.15) is 0 Å². The summed E-state index contributed by atoms with van der Waals surface area (Å²) >= 11 is 9.26. The molecule has 0 aliphatic heterocycles. The highest BCUT2D eigenvalue weighted by Crippen LogP contribution is 2.21. The lowest BCUT2D eigenvalue weighted by Gasteiger charge is -2.06. The van der Waals surface area contributed by atoms with Gasteiger partial charge in [-0.05, 0) is 12.1 Å². The fourth-order valence-electron chi connectivity index (χ4n) is 1.15. The Hall–Kier alpha value is -0.780. The zero-order valence-electron chi connectivity index (χ0n) is 8.39. The van der Waals surface area contributed by atoms with Crippen molar-refractivity contribution in [3.63, 3.8) is 0 Å². The van der Waals surface area contributed by atoms with Crippen molar-refractivity contribution in [2.45, 2.75) is 4.34 Å². The van der Waals surface area contributed by atoms with E-state index < -0.39 is 0 Å². The molecule has 0 saturated carbocycles. The molecule has 0 unspecified atom stereocenters. The Morgan fingerprint density at radius 2 is 2.25 bits per heavy atom. The molecule has 1 N–H and O–H groups in total. The van der Waals surface area contributed by atoms with Gasteiger partial charge in [-0.3, -0.25) is 0 Å². The molecule has 0 atom stereocenters. The van der Waals surface area contributed by atoms with Crippen molar-refractivity contribution in [3.05, 3.63) is 34.8 Å². The van der Waals surface area contributed by atoms with Gasteiger partial charge in [0.05, 0.1) is 10.7 Å². The second-order valence-corrected chi connectivity index (χ2v) is 5.54. The van der Waals surface area contributed by atoms with Crippen LogP contribution in [0.25, 0.3) is 0 Å². The largest absolute Gasteiger partial charge is 0.383 e. The summed E-state index contributed by atoms with van der Waals surface area (Å²) in [5.74, 6) is 0.945. The molecule has 0 fully saturated rings. The van der Waals surface area contributed by atoms with Gasteiger partial charge in [0.1, 0.15) is 5.51 Å². The van der Waals surface area contributed by atoms with Gasteiger partial charge in [0.25, 0.3) is 0 Å². The Labute approximate surface area is 107 Å². The van der Waals surface area contributed by atoms with Gasteiger partial charge in [-0.25, -0.2) is 0 Å². The molecule has 2 aromatic rings. The van der Waals surface area contributed by atoms with Crippen molar-refractivity contribution in [1.82, 2.24) is 10.2 Å². The number of anilines is 1. The minimum Gasteiger partial charge on any atom is -0.383 e. The van der Waals surface area contributed by atoms with Crippen molar-refractivity contribution in [2.24, 2.45) is 0 Å². The van der Waals surface area contributed by atoms with Crippen LogP contribution in [0.2, 0.25) is 5.02 Å². The molecular formula is C10H10ClN3S2. The molecule has 0 saturated heterocycles. The van der Waals surface area contributed by atoms with E-state index in [9.17, 15) is 0 Å². The SMILES string of the molecule is Clc1ccccc1NCCSc1nncs1. The number of hydrogen-bond donors (Lipinski definition) is 1. The van der Waals surface area contributed by atoms with E-state index in [4.69, 9.17) is 11.6 Å². The summed E-state index contributed by atoms with van der Waals surface area (Å²) in [4.78, 5) is 0. The maximum atomic E-state index is 6.01. The van der Waals surface area contributed by atoms with E-state index >= 15 is 0 Å². The third-order valence-corrected chi connectivity index (χ3v) is 4.05. The summed E-state index contributed by atoms with van der Waals surface area (Å²) < 4.78 is 1.00. The summed E-state index contributed by atoms with van der Waals surface area (Å²) in [5, 5.41) is 11.8. The zero-order chi connectivity index (χ0) is 11.2. The molecule has 1 aromatic heterocycles. The molecule has 0 bridgehead atoms. The Balaban J connectivity index is 1.74. The van der Waals surface area contributed by atoms with Crippen LogP contribution >= 0.6 is 34.7 Å². The van der Waals surface area contributed by atoms with E-state index in [1.165, 1.54) is 0 Å². The summed E-state index contributed by atoms with van der Waals surface area (Å²) in [6.45, 7) is 0.855. The summed E-state index contributed by atoms with van der Waals surface area (Å²) in [5.41, 5.74) is 2.71. The monoisotopic (exact) mass is 271 g/mol. The fraction of sp³-hybridized carbons (Fsp3) is 0.200. The molecule has 1 aromatic carbocycles. The predicted octanol–water partition coefficient (Wildman–Crippen LogP) is 3.40. The van der Waals surface area contributed by atoms with Gasteiger partial charge in [-0.1, -0.05) is 46.8 Å². The van der Waals surface area contributed by atoms with Gasteiger partial charge in [0, 0.05) is 12.3 Å². The second-order valence-electron chi connectivity index (χ2n) is 2.96. The van der Waals surface area contributed by atoms with Crippen LogP contribution in [0.4, 0.5) is 5.69 Å². The number of benzene rings is 1. The lowest BCUT2D eigenvalue weighted by atomic mass is 10.3. The number of halogens is 1. The van der Waals surface area contributed by atoms with Crippen LogP contribution in [-0.2, 0) is 0 Å². The fourth-order valence-corrected chi connectivity index (χ4v) is 2.77. The molecule has 84 valence electrons. The topological polar surface area (TPSA) is 37.8 Å². The van der Waals surface area contributed by atoms with Crippen LogP contribution < -0.4 is 5.32 Å². The van der Waals surface area contributed by atoms with Gasteiger partial charge >= 0.3 is 0 Å². The van der Waals surface area contributed by atoms with Gasteiger partial charge in [-0.2, -0.15) is 0 Å². The van der Waals surface area contributed by atoms with Gasteiger partial charge < -0.3 is 5.32 Å². The van der Waals surface area contributed by atoms with Crippen molar-refractivity contribution in [2.75, 3.05) is 17.6 Å². The predicted molar refractivity (Wildman–Crippen MR) is 70.6 cm³/mol. The Bertz CT molecular complexity index is 433. The third-order valence-electron chi connectivity index (χ3n) is 1.86. The maximum Gasteiger partial charge on any atom is 0.174 e. The number of thioether (sulfide) groups is 1. The van der Waals surface area contributed by atoms with E-state index in [-0.39, 0.29) is 0 Å². The summed E-state index contributed by atoms with van der Waals surface area (Å²) in [7, 11) is 0. The highest BCUT2D eigenvalue weighted by Gasteiger charge is 1.99. The van der Waals surface area contributed by atoms with Crippen LogP contribution in [0.5, 0.6) is 0 Å². The third kappa shape index (κ3) is 3.37. The molecule has 0 amide bonds. The second kappa shape index (κ2) is 6.08. The number of para-hydroxylation sites is 1. The quantitative estimate of drug-likeness (QED) is 0.668. The Morgan fingerprint density at radius 1 is 1.38 bits per heavy atom. The van der Waals surface area contributed by atoms with Gasteiger partial charge in [0.15, 0.2) is 4.34 Å². The molecule has 3 nitrogen and oxygen atoms in total.